The zero-order valence-electron chi connectivity index (χ0n) is 47.4. The number of rotatable bonds is 14. The molecular formula is C66H84N4O6. The number of phenolic OH excluding ortho intramolecular Hbond substituents is 2. The molecule has 6 N–H and O–H groups in total. The number of phenols is 2. The number of carbonyl (C=O) groups is 2. The van der Waals surface area contributed by atoms with Gasteiger partial charge < -0.3 is 41.0 Å². The average Bonchev–Trinajstić information content (AvgIpc) is 3.35. The van der Waals surface area contributed by atoms with Crippen LogP contribution < -0.4 is 30.7 Å². The molecule has 6 aromatic rings. The molecule has 76 heavy (non-hydrogen) atoms. The van der Waals surface area contributed by atoms with Crippen molar-refractivity contribution in [3.63, 3.8) is 0 Å². The van der Waals surface area contributed by atoms with Crippen LogP contribution in [0.15, 0.2) is 109 Å². The zero-order valence-corrected chi connectivity index (χ0v) is 47.4. The van der Waals surface area contributed by atoms with Gasteiger partial charge in [-0.2, -0.15) is 0 Å². The van der Waals surface area contributed by atoms with Crippen LogP contribution in [0.1, 0.15) is 176 Å². The fourth-order valence-electron chi connectivity index (χ4n) is 9.62. The highest BCUT2D eigenvalue weighted by Crippen LogP contribution is 2.44. The number of hydrogen-bond donors (Lipinski definition) is 6. The van der Waals surface area contributed by atoms with Crippen LogP contribution in [0.3, 0.4) is 0 Å². The summed E-state index contributed by atoms with van der Waals surface area (Å²) < 4.78 is 13.9. The standard InChI is InChI=1S/C66H84N4O6/c1-63(2,3)51-35-43-31-47-39-53(65(7,8)9)41-49(59(47)75-29-21-19-27-67-61(73)69-55-23-15-13-16-24-55)33-45-37-52(64(4,5)6)38-46(58(45)72)34-50-42-54(66(10,11)12)40-48(32-44(36-51)57(43)71)60(50)76-30-22-20-28-68-62(74)70-56-25-17-14-18-26-56/h13-18,23-26,35-42,71-72H,19-22,27-34H2,1-12H3,(H2,67,69,73)(H2,68,70,74). The van der Waals surface area contributed by atoms with Gasteiger partial charge in [-0.15, -0.1) is 0 Å². The number of amides is 4. The average molecular weight is 1030 g/mol. The minimum absolute atomic E-state index is 0.229. The maximum absolute atomic E-state index is 12.7. The Kier molecular flexibility index (Phi) is 17.9. The first kappa shape index (κ1) is 56.8. The molecule has 0 aliphatic heterocycles. The Morgan fingerprint density at radius 2 is 0.671 bits per heavy atom. The van der Waals surface area contributed by atoms with Crippen LogP contribution in [0.5, 0.6) is 23.0 Å². The Labute approximate surface area is 453 Å². The van der Waals surface area contributed by atoms with E-state index in [-0.39, 0.29) is 45.2 Å². The highest BCUT2D eigenvalue weighted by molar-refractivity contribution is 5.89. The van der Waals surface area contributed by atoms with Crippen molar-refractivity contribution in [2.24, 2.45) is 0 Å². The van der Waals surface area contributed by atoms with Crippen molar-refractivity contribution in [1.82, 2.24) is 10.6 Å². The predicted molar refractivity (Wildman–Crippen MR) is 312 cm³/mol. The number of carbonyl (C=O) groups excluding carboxylic acids is 2. The van der Waals surface area contributed by atoms with E-state index >= 15 is 0 Å². The molecule has 10 heteroatoms. The molecule has 0 aromatic heterocycles. The molecule has 0 radical (unpaired) electrons. The van der Waals surface area contributed by atoms with Crippen molar-refractivity contribution in [2.75, 3.05) is 36.9 Å². The summed E-state index contributed by atoms with van der Waals surface area (Å²) in [6.45, 7) is 28.4. The van der Waals surface area contributed by atoms with Gasteiger partial charge in [0.25, 0.3) is 0 Å². The lowest BCUT2D eigenvalue weighted by atomic mass is 9.79. The molecule has 0 unspecified atom stereocenters. The van der Waals surface area contributed by atoms with Crippen LogP contribution in [0.2, 0.25) is 0 Å². The van der Waals surface area contributed by atoms with Gasteiger partial charge in [-0.05, 0) is 138 Å². The molecule has 404 valence electrons. The van der Waals surface area contributed by atoms with Gasteiger partial charge in [0, 0.05) is 50.1 Å². The smallest absolute Gasteiger partial charge is 0.319 e. The second-order valence-electron chi connectivity index (χ2n) is 24.8. The third-order valence-corrected chi connectivity index (χ3v) is 14.3. The van der Waals surface area contributed by atoms with E-state index in [1.807, 2.05) is 60.7 Å². The molecule has 10 nitrogen and oxygen atoms in total. The molecule has 0 saturated heterocycles. The Bertz CT molecular complexity index is 2670. The summed E-state index contributed by atoms with van der Waals surface area (Å²) in [5.74, 6) is 2.00. The molecular weight excluding hydrogens is 945 g/mol. The summed E-state index contributed by atoms with van der Waals surface area (Å²) >= 11 is 0. The number of nitrogens with one attached hydrogen (secondary N) is 4. The van der Waals surface area contributed by atoms with Gasteiger partial charge in [-0.1, -0.05) is 168 Å². The lowest BCUT2D eigenvalue weighted by Crippen LogP contribution is -2.29. The van der Waals surface area contributed by atoms with Gasteiger partial charge in [0.05, 0.1) is 13.2 Å². The maximum Gasteiger partial charge on any atom is 0.319 e. The number of ether oxygens (including phenoxy) is 2. The first-order chi connectivity index (χ1) is 35.8. The number of unbranched alkanes of at least 4 members (excludes halogenated alkanes) is 2. The van der Waals surface area contributed by atoms with Crippen molar-refractivity contribution in [1.29, 1.82) is 0 Å². The Morgan fingerprint density at radius 3 is 0.934 bits per heavy atom. The normalized spacial score (nSPS) is 12.9. The monoisotopic (exact) mass is 1030 g/mol. The van der Waals surface area contributed by atoms with Crippen molar-refractivity contribution in [2.45, 2.75) is 156 Å². The SMILES string of the molecule is CC(C)(C)c1cc2c(O)c(c1)Cc1cc(C(C)(C)C)cc(c1OCCCCNC(=O)Nc1ccccc1)Cc1cc(C(C)(C)C)cc(c1O)Cc1cc(C(C)(C)C)cc(c1OCCCCNC(=O)Nc1ccccc1)C2. The van der Waals surface area contributed by atoms with E-state index in [4.69, 9.17) is 9.47 Å². The molecule has 0 saturated carbocycles. The van der Waals surface area contributed by atoms with Gasteiger partial charge in [-0.25, -0.2) is 9.59 Å². The summed E-state index contributed by atoms with van der Waals surface area (Å²) in [4.78, 5) is 25.4. The van der Waals surface area contributed by atoms with E-state index in [1.165, 1.54) is 0 Å². The molecule has 1 aliphatic rings. The highest BCUT2D eigenvalue weighted by atomic mass is 16.5. The van der Waals surface area contributed by atoms with E-state index in [2.05, 4.69) is 153 Å². The number of fused-ring (bicyclic) bond motifs is 8. The molecule has 7 rings (SSSR count). The van der Waals surface area contributed by atoms with Gasteiger partial charge in [0.15, 0.2) is 0 Å². The fourth-order valence-corrected chi connectivity index (χ4v) is 9.62. The third kappa shape index (κ3) is 15.1. The highest BCUT2D eigenvalue weighted by Gasteiger charge is 2.29. The van der Waals surface area contributed by atoms with E-state index in [9.17, 15) is 19.8 Å². The van der Waals surface area contributed by atoms with Crippen LogP contribution in [0, 0.1) is 0 Å². The van der Waals surface area contributed by atoms with Crippen LogP contribution >= 0.6 is 0 Å². The number of benzene rings is 6. The fraction of sp³-hybridized carbons (Fsp3) is 0.424. The lowest BCUT2D eigenvalue weighted by Gasteiger charge is -2.28. The number of hydrogen-bond acceptors (Lipinski definition) is 6. The van der Waals surface area contributed by atoms with Gasteiger partial charge in [0.1, 0.15) is 23.0 Å². The van der Waals surface area contributed by atoms with E-state index in [1.54, 1.807) is 0 Å². The number of aromatic hydroxyl groups is 2. The Balaban J connectivity index is 1.31. The van der Waals surface area contributed by atoms with Crippen molar-refractivity contribution in [3.05, 3.63) is 176 Å². The second kappa shape index (κ2) is 23.9. The second-order valence-corrected chi connectivity index (χ2v) is 24.8. The number of para-hydroxylation sites is 2. The molecule has 0 spiro atoms. The topological polar surface area (TPSA) is 141 Å². The van der Waals surface area contributed by atoms with E-state index in [0.29, 0.717) is 77.7 Å². The summed E-state index contributed by atoms with van der Waals surface area (Å²) in [7, 11) is 0. The quantitative estimate of drug-likeness (QED) is 0.0599. The summed E-state index contributed by atoms with van der Waals surface area (Å²) in [5.41, 5.74) is 12.1. The predicted octanol–water partition coefficient (Wildman–Crippen LogP) is 14.9. The summed E-state index contributed by atoms with van der Waals surface area (Å²) in [6.07, 6.45) is 4.42. The van der Waals surface area contributed by atoms with E-state index in [0.717, 1.165) is 89.6 Å². The van der Waals surface area contributed by atoms with Crippen molar-refractivity contribution in [3.8, 4) is 23.0 Å². The molecule has 4 amide bonds. The molecule has 1 aliphatic carbocycles. The number of anilines is 2. The van der Waals surface area contributed by atoms with Gasteiger partial charge >= 0.3 is 12.1 Å². The molecule has 0 fully saturated rings. The van der Waals surface area contributed by atoms with Gasteiger partial charge in [0.2, 0.25) is 0 Å². The minimum Gasteiger partial charge on any atom is -0.507 e. The molecule has 0 heterocycles. The Hall–Kier alpha value is -6.94. The van der Waals surface area contributed by atoms with Gasteiger partial charge in [-0.3, -0.25) is 0 Å². The maximum atomic E-state index is 12.7. The first-order valence-corrected chi connectivity index (χ1v) is 27.3. The molecule has 6 aromatic carbocycles. The third-order valence-electron chi connectivity index (χ3n) is 14.3. The van der Waals surface area contributed by atoms with Crippen LogP contribution in [0.4, 0.5) is 21.0 Å². The molecule has 0 atom stereocenters. The van der Waals surface area contributed by atoms with E-state index < -0.39 is 0 Å². The minimum atomic E-state index is -0.250. The summed E-state index contributed by atoms with van der Waals surface area (Å²) in [6, 6.07) is 35.9. The Morgan fingerprint density at radius 1 is 0.408 bits per heavy atom. The van der Waals surface area contributed by atoms with Crippen molar-refractivity contribution >= 4 is 23.4 Å². The largest absolute Gasteiger partial charge is 0.507 e. The van der Waals surface area contributed by atoms with Crippen LogP contribution in [-0.4, -0.2) is 48.6 Å². The van der Waals surface area contributed by atoms with Crippen molar-refractivity contribution < 1.29 is 29.3 Å². The first-order valence-electron chi connectivity index (χ1n) is 27.3. The summed E-state index contributed by atoms with van der Waals surface area (Å²) in [5, 5.41) is 37.2. The molecule has 8 bridgehead atoms. The zero-order chi connectivity index (χ0) is 55.0. The number of urea groups is 2. The van der Waals surface area contributed by atoms with Crippen LogP contribution in [0.25, 0.3) is 0 Å². The lowest BCUT2D eigenvalue weighted by molar-refractivity contribution is 0.250. The van der Waals surface area contributed by atoms with Crippen LogP contribution in [-0.2, 0) is 47.3 Å².